The van der Waals surface area contributed by atoms with Crippen LogP contribution in [0.25, 0.3) is 6.08 Å². The van der Waals surface area contributed by atoms with Gasteiger partial charge in [-0.15, -0.1) is 0 Å². The molecule has 1 aliphatic heterocycles. The van der Waals surface area contributed by atoms with E-state index in [1.807, 2.05) is 36.4 Å². The predicted molar refractivity (Wildman–Crippen MR) is 116 cm³/mol. The molecule has 0 unspecified atom stereocenters. The molecule has 2 aromatic carbocycles. The van der Waals surface area contributed by atoms with Crippen molar-refractivity contribution in [3.8, 4) is 5.75 Å². The summed E-state index contributed by atoms with van der Waals surface area (Å²) in [6.07, 6.45) is 4.97. The number of carbonyl (C=O) groups is 3. The number of carbonyl (C=O) groups excluding carboxylic acids is 3. The van der Waals surface area contributed by atoms with Crippen LogP contribution < -0.4 is 10.1 Å². The number of amides is 4. The van der Waals surface area contributed by atoms with Gasteiger partial charge in [-0.2, -0.15) is 0 Å². The third-order valence-corrected chi connectivity index (χ3v) is 5.83. The average molecular weight is 469 g/mol. The Balaban J connectivity index is 1.63. The molecule has 1 saturated carbocycles. The van der Waals surface area contributed by atoms with E-state index >= 15 is 0 Å². The van der Waals surface area contributed by atoms with E-state index in [-0.39, 0.29) is 11.6 Å². The number of hydrogen-bond donors (Lipinski definition) is 1. The molecule has 2 aliphatic rings. The number of halogens is 1. The maximum Gasteiger partial charge on any atom is 0.331 e. The summed E-state index contributed by atoms with van der Waals surface area (Å²) in [4.78, 5) is 39.0. The zero-order valence-corrected chi connectivity index (χ0v) is 17.9. The fourth-order valence-electron chi connectivity index (χ4n) is 3.82. The average Bonchev–Trinajstić information content (AvgIpc) is 3.25. The molecule has 0 spiro atoms. The van der Waals surface area contributed by atoms with Gasteiger partial charge in [-0.3, -0.25) is 19.8 Å². The summed E-state index contributed by atoms with van der Waals surface area (Å²) in [6.45, 7) is 0.353. The SMILES string of the molecule is O=C1NC(=O)N(C2CCCC2)C(=O)/C1=C/c1cc(Br)ccc1OCc1ccccc1. The summed E-state index contributed by atoms with van der Waals surface area (Å²) >= 11 is 3.43. The molecule has 1 aliphatic carbocycles. The van der Waals surface area contributed by atoms with E-state index in [0.717, 1.165) is 35.7 Å². The van der Waals surface area contributed by atoms with Gasteiger partial charge in [-0.1, -0.05) is 59.1 Å². The molecule has 0 bridgehead atoms. The molecule has 0 atom stereocenters. The number of nitrogens with zero attached hydrogens (tertiary/aromatic N) is 1. The molecule has 1 saturated heterocycles. The number of urea groups is 1. The standard InChI is InChI=1S/C23H21BrN2O4/c24-17-10-11-20(30-14-15-6-2-1-3-7-15)16(12-17)13-19-21(27)25-23(29)26(22(19)28)18-8-4-5-9-18/h1-3,6-7,10-13,18H,4-5,8-9,14H2,(H,25,27,29)/b19-13+. The summed E-state index contributed by atoms with van der Waals surface area (Å²) < 4.78 is 6.73. The van der Waals surface area contributed by atoms with Crippen LogP contribution in [0.1, 0.15) is 36.8 Å². The van der Waals surface area contributed by atoms with Crippen molar-refractivity contribution in [1.29, 1.82) is 0 Å². The normalized spacial score (nSPS) is 18.8. The molecule has 6 nitrogen and oxygen atoms in total. The third-order valence-electron chi connectivity index (χ3n) is 5.33. The highest BCUT2D eigenvalue weighted by molar-refractivity contribution is 9.10. The molecular formula is C23H21BrN2O4. The molecule has 0 aromatic heterocycles. The number of imide groups is 2. The topological polar surface area (TPSA) is 75.7 Å². The minimum atomic E-state index is -0.687. The zero-order chi connectivity index (χ0) is 21.1. The van der Waals surface area contributed by atoms with Crippen LogP contribution in [0.15, 0.2) is 58.6 Å². The smallest absolute Gasteiger partial charge is 0.331 e. The summed E-state index contributed by atoms with van der Waals surface area (Å²) in [5.41, 5.74) is 1.52. The summed E-state index contributed by atoms with van der Waals surface area (Å²) in [6, 6.07) is 14.3. The lowest BCUT2D eigenvalue weighted by Gasteiger charge is -2.31. The summed E-state index contributed by atoms with van der Waals surface area (Å²) in [7, 11) is 0. The largest absolute Gasteiger partial charge is 0.488 e. The minimum absolute atomic E-state index is 0.0656. The van der Waals surface area contributed by atoms with Gasteiger partial charge in [0, 0.05) is 16.1 Å². The van der Waals surface area contributed by atoms with Crippen molar-refractivity contribution in [1.82, 2.24) is 10.2 Å². The molecule has 30 heavy (non-hydrogen) atoms. The minimum Gasteiger partial charge on any atom is -0.488 e. The Morgan fingerprint density at radius 3 is 2.53 bits per heavy atom. The lowest BCUT2D eigenvalue weighted by molar-refractivity contribution is -0.131. The molecule has 2 aromatic rings. The first-order chi connectivity index (χ1) is 14.5. The second-order valence-electron chi connectivity index (χ2n) is 7.39. The van der Waals surface area contributed by atoms with Gasteiger partial charge in [0.15, 0.2) is 0 Å². The highest BCUT2D eigenvalue weighted by Crippen LogP contribution is 2.30. The van der Waals surface area contributed by atoms with Crippen LogP contribution in [0.4, 0.5) is 4.79 Å². The molecule has 0 radical (unpaired) electrons. The first-order valence-electron chi connectivity index (χ1n) is 9.90. The number of benzene rings is 2. The van der Waals surface area contributed by atoms with Gasteiger partial charge in [0.2, 0.25) is 0 Å². The molecule has 7 heteroatoms. The van der Waals surface area contributed by atoms with Gasteiger partial charge in [0.05, 0.1) is 0 Å². The maximum absolute atomic E-state index is 13.0. The van der Waals surface area contributed by atoms with E-state index in [1.54, 1.807) is 12.1 Å². The van der Waals surface area contributed by atoms with Crippen molar-refractivity contribution in [3.63, 3.8) is 0 Å². The molecule has 154 valence electrons. The molecular weight excluding hydrogens is 448 g/mol. The first kappa shape index (κ1) is 20.3. The third kappa shape index (κ3) is 4.31. The van der Waals surface area contributed by atoms with E-state index in [4.69, 9.17) is 4.74 Å². The van der Waals surface area contributed by atoms with Gasteiger partial charge in [0.1, 0.15) is 17.9 Å². The van der Waals surface area contributed by atoms with Crippen LogP contribution >= 0.6 is 15.9 Å². The monoisotopic (exact) mass is 468 g/mol. The van der Waals surface area contributed by atoms with Crippen molar-refractivity contribution < 1.29 is 19.1 Å². The summed E-state index contributed by atoms with van der Waals surface area (Å²) in [5.74, 6) is -0.697. The Morgan fingerprint density at radius 2 is 1.80 bits per heavy atom. The van der Waals surface area contributed by atoms with Crippen LogP contribution in [0.5, 0.6) is 5.75 Å². The van der Waals surface area contributed by atoms with Gasteiger partial charge in [0.25, 0.3) is 11.8 Å². The molecule has 4 amide bonds. The van der Waals surface area contributed by atoms with Crippen molar-refractivity contribution in [3.05, 3.63) is 69.7 Å². The molecule has 1 heterocycles. The molecule has 1 N–H and O–H groups in total. The number of nitrogens with one attached hydrogen (secondary N) is 1. The van der Waals surface area contributed by atoms with Crippen LogP contribution in [0.2, 0.25) is 0 Å². The zero-order valence-electron chi connectivity index (χ0n) is 16.3. The number of rotatable bonds is 5. The lowest BCUT2D eigenvalue weighted by atomic mass is 10.0. The van der Waals surface area contributed by atoms with Crippen LogP contribution in [0, 0.1) is 0 Å². The van der Waals surface area contributed by atoms with Crippen LogP contribution in [0.3, 0.4) is 0 Å². The Hall–Kier alpha value is -2.93. The van der Waals surface area contributed by atoms with Gasteiger partial charge in [-0.25, -0.2) is 4.79 Å². The lowest BCUT2D eigenvalue weighted by Crippen LogP contribution is -2.57. The van der Waals surface area contributed by atoms with Crippen LogP contribution in [-0.2, 0) is 16.2 Å². The van der Waals surface area contributed by atoms with Crippen molar-refractivity contribution in [2.45, 2.75) is 38.3 Å². The fourth-order valence-corrected chi connectivity index (χ4v) is 4.20. The number of hydrogen-bond acceptors (Lipinski definition) is 4. The van der Waals surface area contributed by atoms with Crippen molar-refractivity contribution in [2.24, 2.45) is 0 Å². The molecule has 4 rings (SSSR count). The van der Waals surface area contributed by atoms with Gasteiger partial charge in [-0.05, 0) is 42.7 Å². The Morgan fingerprint density at radius 1 is 1.07 bits per heavy atom. The molecule has 2 fully saturated rings. The Bertz CT molecular complexity index is 1010. The van der Waals surface area contributed by atoms with E-state index in [0.29, 0.717) is 17.9 Å². The van der Waals surface area contributed by atoms with E-state index in [1.165, 1.54) is 11.0 Å². The number of barbiturate groups is 1. The van der Waals surface area contributed by atoms with Gasteiger partial charge < -0.3 is 4.74 Å². The van der Waals surface area contributed by atoms with E-state index in [2.05, 4.69) is 21.2 Å². The highest BCUT2D eigenvalue weighted by atomic mass is 79.9. The van der Waals surface area contributed by atoms with Crippen LogP contribution in [-0.4, -0.2) is 28.8 Å². The van der Waals surface area contributed by atoms with Gasteiger partial charge >= 0.3 is 6.03 Å². The van der Waals surface area contributed by atoms with E-state index in [9.17, 15) is 14.4 Å². The quantitative estimate of drug-likeness (QED) is 0.519. The fraction of sp³-hybridized carbons (Fsp3) is 0.261. The Kier molecular flexibility index (Phi) is 5.99. The highest BCUT2D eigenvalue weighted by Gasteiger charge is 2.40. The Labute approximate surface area is 183 Å². The second kappa shape index (κ2) is 8.83. The van der Waals surface area contributed by atoms with Crippen molar-refractivity contribution >= 4 is 39.9 Å². The van der Waals surface area contributed by atoms with E-state index < -0.39 is 17.8 Å². The number of ether oxygens (including phenoxy) is 1. The first-order valence-corrected chi connectivity index (χ1v) is 10.7. The predicted octanol–water partition coefficient (Wildman–Crippen LogP) is 4.43. The summed E-state index contributed by atoms with van der Waals surface area (Å²) in [5, 5.41) is 2.31. The maximum atomic E-state index is 13.0. The van der Waals surface area contributed by atoms with Crippen molar-refractivity contribution in [2.75, 3.05) is 0 Å². The second-order valence-corrected chi connectivity index (χ2v) is 8.30.